The average molecular weight is 523 g/mol. The van der Waals surface area contributed by atoms with E-state index in [1.807, 2.05) is 13.8 Å². The third kappa shape index (κ3) is 9.51. The number of nitrogens with zero attached hydrogens (tertiary/aromatic N) is 2. The monoisotopic (exact) mass is 522 g/mol. The van der Waals surface area contributed by atoms with Gasteiger partial charge in [0.15, 0.2) is 0 Å². The second-order valence-corrected chi connectivity index (χ2v) is 10.9. The number of pyridine rings is 1. The van der Waals surface area contributed by atoms with Gasteiger partial charge in [-0.15, -0.1) is 0 Å². The summed E-state index contributed by atoms with van der Waals surface area (Å²) in [4.78, 5) is 31.1. The van der Waals surface area contributed by atoms with E-state index in [4.69, 9.17) is 4.98 Å². The fourth-order valence-corrected chi connectivity index (χ4v) is 5.38. The van der Waals surface area contributed by atoms with Crippen LogP contribution >= 0.6 is 0 Å². The first-order valence-electron chi connectivity index (χ1n) is 14.0. The predicted octanol–water partition coefficient (Wildman–Crippen LogP) is 4.90. The normalized spacial score (nSPS) is 17.7. The highest BCUT2D eigenvalue weighted by atomic mass is 19.3. The van der Waals surface area contributed by atoms with Crippen LogP contribution < -0.4 is 10.6 Å². The molecule has 1 aliphatic heterocycles. The van der Waals surface area contributed by atoms with Crippen molar-refractivity contribution in [1.82, 2.24) is 15.2 Å². The molecule has 1 aromatic heterocycles. The van der Waals surface area contributed by atoms with Crippen molar-refractivity contribution in [3.8, 4) is 0 Å². The third-order valence-electron chi connectivity index (χ3n) is 7.80. The van der Waals surface area contributed by atoms with Crippen LogP contribution in [-0.2, 0) is 22.4 Å². The lowest BCUT2D eigenvalue weighted by Crippen LogP contribution is -2.46. The summed E-state index contributed by atoms with van der Waals surface area (Å²) in [6.07, 6.45) is 6.92. The number of amides is 1. The number of carboxylic acids is 1. The molecule has 0 saturated heterocycles. The fourth-order valence-electron chi connectivity index (χ4n) is 5.38. The molecule has 3 N–H and O–H groups in total. The number of alkyl halides is 2. The number of aliphatic carboxylic acids is 1. The minimum absolute atomic E-state index is 0.0730. The maximum Gasteiger partial charge on any atom is 0.326 e. The van der Waals surface area contributed by atoms with Crippen LogP contribution in [0, 0.1) is 11.8 Å². The predicted molar refractivity (Wildman–Crippen MR) is 141 cm³/mol. The Morgan fingerprint density at radius 3 is 2.65 bits per heavy atom. The van der Waals surface area contributed by atoms with E-state index in [9.17, 15) is 23.5 Å². The van der Waals surface area contributed by atoms with Crippen molar-refractivity contribution in [2.24, 2.45) is 11.8 Å². The Balaban J connectivity index is 1.49. The van der Waals surface area contributed by atoms with Crippen LogP contribution in [0.25, 0.3) is 0 Å². The molecule has 3 rings (SSSR count). The lowest BCUT2D eigenvalue weighted by molar-refractivity contribution is -0.142. The molecule has 2 heterocycles. The van der Waals surface area contributed by atoms with Crippen LogP contribution in [0.3, 0.4) is 0 Å². The number of halogens is 2. The second kappa shape index (κ2) is 14.0. The van der Waals surface area contributed by atoms with Crippen molar-refractivity contribution in [3.05, 3.63) is 23.4 Å². The summed E-state index contributed by atoms with van der Waals surface area (Å²) in [6.45, 7) is 6.69. The van der Waals surface area contributed by atoms with Gasteiger partial charge in [0.25, 0.3) is 0 Å². The third-order valence-corrected chi connectivity index (χ3v) is 7.80. The number of carbonyl (C=O) groups excluding carboxylic acids is 1. The SMILES string of the molecule is CCC(CC)CC(=O)NC(CCN(CCCCc1ccc2c(n1)NCCC2)CC1CC(F)(F)C1)C(=O)O. The number of rotatable bonds is 16. The summed E-state index contributed by atoms with van der Waals surface area (Å²) in [5.41, 5.74) is 2.31. The van der Waals surface area contributed by atoms with E-state index in [1.54, 1.807) is 0 Å². The van der Waals surface area contributed by atoms with Gasteiger partial charge < -0.3 is 20.6 Å². The highest BCUT2D eigenvalue weighted by molar-refractivity contribution is 5.83. The van der Waals surface area contributed by atoms with E-state index in [2.05, 4.69) is 27.7 Å². The molecule has 1 fully saturated rings. The Morgan fingerprint density at radius 2 is 1.97 bits per heavy atom. The zero-order valence-corrected chi connectivity index (χ0v) is 22.4. The molecule has 9 heteroatoms. The number of hydrogen-bond acceptors (Lipinski definition) is 5. The molecular weight excluding hydrogens is 478 g/mol. The van der Waals surface area contributed by atoms with Gasteiger partial charge in [-0.1, -0.05) is 32.8 Å². The van der Waals surface area contributed by atoms with Crippen LogP contribution in [0.2, 0.25) is 0 Å². The van der Waals surface area contributed by atoms with Crippen LogP contribution in [0.1, 0.15) is 82.9 Å². The maximum absolute atomic E-state index is 13.4. The van der Waals surface area contributed by atoms with Crippen molar-refractivity contribution >= 4 is 17.7 Å². The minimum atomic E-state index is -2.57. The average Bonchev–Trinajstić information content (AvgIpc) is 2.85. The van der Waals surface area contributed by atoms with Crippen molar-refractivity contribution in [1.29, 1.82) is 0 Å². The van der Waals surface area contributed by atoms with Crippen molar-refractivity contribution in [2.75, 3.05) is 31.5 Å². The van der Waals surface area contributed by atoms with E-state index in [0.29, 0.717) is 26.1 Å². The Hall–Kier alpha value is -2.29. The fraction of sp³-hybridized carbons (Fsp3) is 0.750. The highest BCUT2D eigenvalue weighted by Gasteiger charge is 2.45. The summed E-state index contributed by atoms with van der Waals surface area (Å²) >= 11 is 0. The molecule has 7 nitrogen and oxygen atoms in total. The van der Waals surface area contributed by atoms with E-state index in [-0.39, 0.29) is 37.0 Å². The summed E-state index contributed by atoms with van der Waals surface area (Å²) in [5, 5.41) is 15.7. The van der Waals surface area contributed by atoms with Crippen LogP contribution in [0.5, 0.6) is 0 Å². The maximum atomic E-state index is 13.4. The topological polar surface area (TPSA) is 94.6 Å². The Morgan fingerprint density at radius 1 is 1.22 bits per heavy atom. The zero-order chi connectivity index (χ0) is 26.8. The van der Waals surface area contributed by atoms with E-state index < -0.39 is 17.9 Å². The second-order valence-electron chi connectivity index (χ2n) is 10.9. The molecule has 1 aromatic rings. The lowest BCUT2D eigenvalue weighted by atomic mass is 9.81. The smallest absolute Gasteiger partial charge is 0.326 e. The molecule has 208 valence electrons. The van der Waals surface area contributed by atoms with Crippen LogP contribution in [0.15, 0.2) is 12.1 Å². The number of aryl methyl sites for hydroxylation is 2. The summed E-state index contributed by atoms with van der Waals surface area (Å²) in [5.74, 6) is -2.71. The van der Waals surface area contributed by atoms with Gasteiger partial charge >= 0.3 is 5.97 Å². The molecule has 0 radical (unpaired) electrons. The van der Waals surface area contributed by atoms with Gasteiger partial charge in [0.1, 0.15) is 11.9 Å². The molecule has 1 amide bonds. The first-order chi connectivity index (χ1) is 17.7. The Labute approximate surface area is 219 Å². The summed E-state index contributed by atoms with van der Waals surface area (Å²) in [6, 6.07) is 3.26. The van der Waals surface area contributed by atoms with E-state index >= 15 is 0 Å². The quantitative estimate of drug-likeness (QED) is 0.268. The molecule has 0 aromatic carbocycles. The van der Waals surface area contributed by atoms with Gasteiger partial charge in [0, 0.05) is 44.6 Å². The molecule has 1 unspecified atom stereocenters. The van der Waals surface area contributed by atoms with E-state index in [0.717, 1.165) is 63.0 Å². The number of carbonyl (C=O) groups is 2. The molecular formula is C28H44F2N4O3. The lowest BCUT2D eigenvalue weighted by Gasteiger charge is -2.38. The summed E-state index contributed by atoms with van der Waals surface area (Å²) < 4.78 is 26.8. The number of fused-ring (bicyclic) bond motifs is 1. The van der Waals surface area contributed by atoms with Crippen molar-refractivity contribution < 1.29 is 23.5 Å². The van der Waals surface area contributed by atoms with Gasteiger partial charge in [0.05, 0.1) is 0 Å². The zero-order valence-electron chi connectivity index (χ0n) is 22.4. The van der Waals surface area contributed by atoms with Gasteiger partial charge in [0.2, 0.25) is 11.8 Å². The van der Waals surface area contributed by atoms with Gasteiger partial charge in [-0.3, -0.25) is 4.79 Å². The Kier molecular flexibility index (Phi) is 11.1. The number of unbranched alkanes of at least 4 members (excludes halogenated alkanes) is 1. The molecule has 1 saturated carbocycles. The molecule has 2 aliphatic rings. The number of nitrogens with one attached hydrogen (secondary N) is 2. The standard InChI is InChI=1S/C28H44F2N4O3/c1-3-20(4-2)16-25(35)33-24(27(36)37)12-15-34(19-21-17-28(29,30)18-21)14-6-5-9-23-11-10-22-8-7-13-31-26(22)32-23/h10-11,20-21,24H,3-9,12-19H2,1-2H3,(H,31,32)(H,33,35)(H,36,37). The Bertz CT molecular complexity index is 886. The van der Waals surface area contributed by atoms with Crippen molar-refractivity contribution in [3.63, 3.8) is 0 Å². The molecule has 1 aliphatic carbocycles. The van der Waals surface area contributed by atoms with Gasteiger partial charge in [-0.2, -0.15) is 0 Å². The van der Waals surface area contributed by atoms with E-state index in [1.165, 1.54) is 5.56 Å². The minimum Gasteiger partial charge on any atom is -0.480 e. The van der Waals surface area contributed by atoms with Crippen molar-refractivity contribution in [2.45, 2.75) is 96.4 Å². The first kappa shape index (κ1) is 29.3. The number of aromatic nitrogens is 1. The molecule has 37 heavy (non-hydrogen) atoms. The number of carboxylic acid groups (broad SMARTS) is 1. The van der Waals surface area contributed by atoms with Crippen LogP contribution in [-0.4, -0.2) is 65.0 Å². The van der Waals surface area contributed by atoms with Gasteiger partial charge in [-0.25, -0.2) is 18.6 Å². The number of anilines is 1. The van der Waals surface area contributed by atoms with Crippen LogP contribution in [0.4, 0.5) is 14.6 Å². The largest absolute Gasteiger partial charge is 0.480 e. The van der Waals surface area contributed by atoms with Gasteiger partial charge in [-0.05, 0) is 68.5 Å². The molecule has 0 spiro atoms. The highest BCUT2D eigenvalue weighted by Crippen LogP contribution is 2.42. The molecule has 1 atom stereocenters. The number of hydrogen-bond donors (Lipinski definition) is 3. The molecule has 0 bridgehead atoms. The summed E-state index contributed by atoms with van der Waals surface area (Å²) in [7, 11) is 0. The first-order valence-corrected chi connectivity index (χ1v) is 14.0.